The van der Waals surface area contributed by atoms with Crippen LogP contribution < -0.4 is 0 Å². The SMILES string of the molecule is c1ccc(-n2[nH]cc3c4c(ccc32)nc2c4ccc3ccc4ccccc4c32)cc1. The Hall–Kier alpha value is -4.11. The van der Waals surface area contributed by atoms with E-state index in [1.165, 1.54) is 37.7 Å². The Kier molecular flexibility index (Phi) is 3.00. The van der Waals surface area contributed by atoms with E-state index in [0.29, 0.717) is 0 Å². The fourth-order valence-corrected chi connectivity index (χ4v) is 4.82. The highest BCUT2D eigenvalue weighted by atomic mass is 15.3. The van der Waals surface area contributed by atoms with Gasteiger partial charge in [0.15, 0.2) is 0 Å². The van der Waals surface area contributed by atoms with Crippen LogP contribution in [0.15, 0.2) is 97.2 Å². The first kappa shape index (κ1) is 15.8. The van der Waals surface area contributed by atoms with Gasteiger partial charge in [-0.25, -0.2) is 4.98 Å². The van der Waals surface area contributed by atoms with Crippen molar-refractivity contribution < 1.29 is 0 Å². The highest BCUT2D eigenvalue weighted by molar-refractivity contribution is 6.28. The highest BCUT2D eigenvalue weighted by Crippen LogP contribution is 2.38. The Morgan fingerprint density at radius 1 is 0.600 bits per heavy atom. The van der Waals surface area contributed by atoms with Gasteiger partial charge in [0.05, 0.1) is 22.2 Å². The number of hydrogen-bond donors (Lipinski definition) is 1. The van der Waals surface area contributed by atoms with E-state index in [2.05, 4.69) is 101 Å². The van der Waals surface area contributed by atoms with Crippen LogP contribution in [0.2, 0.25) is 0 Å². The zero-order valence-electron chi connectivity index (χ0n) is 16.1. The molecule has 1 N–H and O–H groups in total. The molecule has 3 nitrogen and oxygen atoms in total. The molecule has 0 fully saturated rings. The van der Waals surface area contributed by atoms with E-state index in [9.17, 15) is 0 Å². The van der Waals surface area contributed by atoms with Gasteiger partial charge in [-0.3, -0.25) is 4.68 Å². The Morgan fingerprint density at radius 3 is 2.33 bits per heavy atom. The van der Waals surface area contributed by atoms with Crippen LogP contribution in [0, 0.1) is 0 Å². The molecular weight excluding hydrogens is 366 g/mol. The molecule has 0 radical (unpaired) electrons. The maximum absolute atomic E-state index is 5.10. The summed E-state index contributed by atoms with van der Waals surface area (Å²) in [5, 5.41) is 12.0. The Labute approximate surface area is 172 Å². The first-order chi connectivity index (χ1) is 14.9. The van der Waals surface area contributed by atoms with Crippen LogP contribution in [-0.4, -0.2) is 14.8 Å². The number of nitrogens with zero attached hydrogens (tertiary/aromatic N) is 2. The molecule has 0 bridgehead atoms. The van der Waals surface area contributed by atoms with E-state index in [1.807, 2.05) is 6.07 Å². The van der Waals surface area contributed by atoms with Crippen molar-refractivity contribution in [2.75, 3.05) is 0 Å². The van der Waals surface area contributed by atoms with E-state index in [1.54, 1.807) is 0 Å². The number of rotatable bonds is 1. The van der Waals surface area contributed by atoms with Crippen LogP contribution in [-0.2, 0) is 0 Å². The molecule has 2 heterocycles. The van der Waals surface area contributed by atoms with Gasteiger partial charge in [-0.15, -0.1) is 0 Å². The molecule has 0 aliphatic heterocycles. The Balaban J connectivity index is 1.64. The minimum Gasteiger partial charge on any atom is -0.300 e. The minimum absolute atomic E-state index is 1.04. The molecule has 0 atom stereocenters. The molecular formula is C27H17N3. The lowest BCUT2D eigenvalue weighted by atomic mass is 9.99. The van der Waals surface area contributed by atoms with E-state index in [4.69, 9.17) is 4.98 Å². The van der Waals surface area contributed by atoms with Crippen LogP contribution in [0.1, 0.15) is 0 Å². The molecule has 0 saturated heterocycles. The highest BCUT2D eigenvalue weighted by Gasteiger charge is 2.15. The van der Waals surface area contributed by atoms with Crippen LogP contribution in [0.5, 0.6) is 0 Å². The summed E-state index contributed by atoms with van der Waals surface area (Å²) in [5.74, 6) is 0. The fourth-order valence-electron chi connectivity index (χ4n) is 4.82. The van der Waals surface area contributed by atoms with Gasteiger partial charge < -0.3 is 5.10 Å². The maximum atomic E-state index is 5.10. The number of hydrogen-bond acceptors (Lipinski definition) is 1. The second kappa shape index (κ2) is 5.71. The van der Waals surface area contributed by atoms with Crippen molar-refractivity contribution in [3.63, 3.8) is 0 Å². The predicted octanol–water partition coefficient (Wildman–Crippen LogP) is 6.97. The third kappa shape index (κ3) is 2.01. The third-order valence-corrected chi connectivity index (χ3v) is 6.18. The number of fused-ring (bicyclic) bond motifs is 9. The summed E-state index contributed by atoms with van der Waals surface area (Å²) in [5.41, 5.74) is 4.39. The van der Waals surface area contributed by atoms with Crippen molar-refractivity contribution >= 4 is 54.3 Å². The first-order valence-corrected chi connectivity index (χ1v) is 10.2. The zero-order chi connectivity index (χ0) is 19.7. The normalized spacial score (nSPS) is 12.0. The summed E-state index contributed by atoms with van der Waals surface area (Å²) in [6, 6.07) is 32.1. The van der Waals surface area contributed by atoms with Gasteiger partial charge in [0.2, 0.25) is 0 Å². The Morgan fingerprint density at radius 2 is 1.40 bits per heavy atom. The van der Waals surface area contributed by atoms with Crippen LogP contribution in [0.4, 0.5) is 0 Å². The van der Waals surface area contributed by atoms with E-state index >= 15 is 0 Å². The summed E-state index contributed by atoms with van der Waals surface area (Å²) in [4.78, 5) is 5.10. The Bertz CT molecular complexity index is 1740. The lowest BCUT2D eigenvalue weighted by Crippen LogP contribution is -1.94. The largest absolute Gasteiger partial charge is 0.300 e. The van der Waals surface area contributed by atoms with Gasteiger partial charge in [-0.05, 0) is 40.4 Å². The minimum atomic E-state index is 1.04. The lowest BCUT2D eigenvalue weighted by molar-refractivity contribution is 0.911. The molecule has 140 valence electrons. The molecule has 0 saturated carbocycles. The van der Waals surface area contributed by atoms with E-state index in [0.717, 1.165) is 22.2 Å². The zero-order valence-corrected chi connectivity index (χ0v) is 16.1. The van der Waals surface area contributed by atoms with Crippen molar-refractivity contribution in [1.29, 1.82) is 0 Å². The molecule has 7 rings (SSSR count). The van der Waals surface area contributed by atoms with E-state index < -0.39 is 0 Å². The summed E-state index contributed by atoms with van der Waals surface area (Å²) >= 11 is 0. The fraction of sp³-hybridized carbons (Fsp3) is 0. The molecule has 0 aliphatic rings. The molecule has 5 aromatic carbocycles. The van der Waals surface area contributed by atoms with Crippen molar-refractivity contribution in [2.24, 2.45) is 0 Å². The van der Waals surface area contributed by atoms with Crippen molar-refractivity contribution in [3.05, 3.63) is 97.2 Å². The van der Waals surface area contributed by atoms with Gasteiger partial charge in [0, 0.05) is 27.7 Å². The van der Waals surface area contributed by atoms with Crippen LogP contribution in [0.3, 0.4) is 0 Å². The second-order valence-corrected chi connectivity index (χ2v) is 7.80. The average Bonchev–Trinajstić information content (AvgIpc) is 3.40. The van der Waals surface area contributed by atoms with E-state index in [-0.39, 0.29) is 0 Å². The maximum Gasteiger partial charge on any atom is 0.0801 e. The number of aromatic amines is 1. The van der Waals surface area contributed by atoms with Gasteiger partial charge in [-0.1, -0.05) is 66.7 Å². The molecule has 0 aliphatic carbocycles. The summed E-state index contributed by atoms with van der Waals surface area (Å²) in [6.07, 6.45) is 2.10. The molecule has 30 heavy (non-hydrogen) atoms. The summed E-state index contributed by atoms with van der Waals surface area (Å²) < 4.78 is 2.13. The summed E-state index contributed by atoms with van der Waals surface area (Å²) in [7, 11) is 0. The second-order valence-electron chi connectivity index (χ2n) is 7.80. The van der Waals surface area contributed by atoms with Gasteiger partial charge in [-0.2, -0.15) is 0 Å². The average molecular weight is 383 g/mol. The van der Waals surface area contributed by atoms with Gasteiger partial charge >= 0.3 is 0 Å². The number of nitrogens with one attached hydrogen (secondary N) is 1. The number of H-pyrrole nitrogens is 1. The molecule has 3 heteroatoms. The van der Waals surface area contributed by atoms with Crippen molar-refractivity contribution in [1.82, 2.24) is 14.8 Å². The number of aromatic nitrogens is 3. The monoisotopic (exact) mass is 383 g/mol. The standard InChI is InChI=1S/C27H17N3/c1-2-7-19(8-3-1)30-24-15-14-23-26(22(24)16-28-30)21-13-12-18-11-10-17-6-4-5-9-20(17)25(18)27(21)29-23/h1-16,28H. The van der Waals surface area contributed by atoms with Gasteiger partial charge in [0.1, 0.15) is 0 Å². The first-order valence-electron chi connectivity index (χ1n) is 10.2. The van der Waals surface area contributed by atoms with Gasteiger partial charge in [0.25, 0.3) is 0 Å². The predicted molar refractivity (Wildman–Crippen MR) is 125 cm³/mol. The van der Waals surface area contributed by atoms with Crippen molar-refractivity contribution in [2.45, 2.75) is 0 Å². The smallest absolute Gasteiger partial charge is 0.0801 e. The van der Waals surface area contributed by atoms with Crippen LogP contribution in [0.25, 0.3) is 59.9 Å². The quantitative estimate of drug-likeness (QED) is 0.305. The summed E-state index contributed by atoms with van der Waals surface area (Å²) in [6.45, 7) is 0. The van der Waals surface area contributed by atoms with Crippen LogP contribution >= 0.6 is 0 Å². The molecule has 0 unspecified atom stereocenters. The molecule has 0 amide bonds. The third-order valence-electron chi connectivity index (χ3n) is 6.18. The number of para-hydroxylation sites is 1. The molecule has 7 aromatic rings. The molecule has 2 aromatic heterocycles. The number of benzene rings is 5. The van der Waals surface area contributed by atoms with Crippen molar-refractivity contribution in [3.8, 4) is 5.69 Å². The topological polar surface area (TPSA) is 33.6 Å². The lowest BCUT2D eigenvalue weighted by Gasteiger charge is -2.05. The molecule has 0 spiro atoms.